The Morgan fingerprint density at radius 1 is 1.10 bits per heavy atom. The number of nitrogens with zero attached hydrogens (tertiary/aromatic N) is 2. The maximum Gasteiger partial charge on any atom is 0.349 e. The van der Waals surface area contributed by atoms with Gasteiger partial charge in [0.15, 0.2) is 5.60 Å². The van der Waals surface area contributed by atoms with Crippen molar-refractivity contribution in [1.29, 1.82) is 0 Å². The Balaban J connectivity index is 1.82. The van der Waals surface area contributed by atoms with Crippen molar-refractivity contribution in [2.45, 2.75) is 60.2 Å². The Kier molecular flexibility index (Phi) is 9.79. The summed E-state index contributed by atoms with van der Waals surface area (Å²) in [5, 5.41) is 9.58. The summed E-state index contributed by atoms with van der Waals surface area (Å²) in [5.74, 6) is 0.971. The molecule has 0 saturated heterocycles. The van der Waals surface area contributed by atoms with Crippen molar-refractivity contribution >= 4 is 27.9 Å². The molecule has 0 saturated carbocycles. The predicted octanol–water partition coefficient (Wildman–Crippen LogP) is 5.85. The van der Waals surface area contributed by atoms with E-state index < -0.39 is 17.5 Å². The highest BCUT2D eigenvalue weighted by Gasteiger charge is 2.32. The molecule has 2 aromatic carbocycles. The molecule has 0 spiro atoms. The molecule has 1 heterocycles. The molecule has 39 heavy (non-hydrogen) atoms. The maximum absolute atomic E-state index is 12.3. The molecule has 0 bridgehead atoms. The lowest BCUT2D eigenvalue weighted by Crippen LogP contribution is -2.40. The van der Waals surface area contributed by atoms with Gasteiger partial charge in [-0.05, 0) is 92.4 Å². The van der Waals surface area contributed by atoms with Gasteiger partial charge < -0.3 is 23.7 Å². The number of methoxy groups -OCH3 is 1. The Morgan fingerprint density at radius 3 is 2.33 bits per heavy atom. The second kappa shape index (κ2) is 12.7. The molecule has 3 rings (SSSR count). The number of carbonyl (C=O) groups excluding carboxylic acids is 1. The van der Waals surface area contributed by atoms with E-state index in [0.29, 0.717) is 35.4 Å². The van der Waals surface area contributed by atoms with E-state index in [1.165, 1.54) is 0 Å². The van der Waals surface area contributed by atoms with Crippen LogP contribution in [0.15, 0.2) is 39.2 Å². The van der Waals surface area contributed by atoms with Gasteiger partial charge in [-0.15, -0.1) is 0 Å². The molecule has 9 nitrogen and oxygen atoms in total. The lowest BCUT2D eigenvalue weighted by Gasteiger charge is -2.27. The van der Waals surface area contributed by atoms with Crippen LogP contribution in [0.1, 0.15) is 48.9 Å². The normalized spacial score (nSPS) is 11.5. The number of aliphatic carboxylic acids is 1. The fourth-order valence-corrected chi connectivity index (χ4v) is 4.76. The van der Waals surface area contributed by atoms with Crippen LogP contribution in [-0.4, -0.2) is 52.8 Å². The van der Waals surface area contributed by atoms with Crippen molar-refractivity contribution in [1.82, 2.24) is 9.88 Å². The van der Waals surface area contributed by atoms with E-state index in [9.17, 15) is 14.7 Å². The van der Waals surface area contributed by atoms with Crippen molar-refractivity contribution < 1.29 is 33.3 Å². The minimum absolute atomic E-state index is 0.179. The molecule has 0 unspecified atom stereocenters. The number of aryl methyl sites for hydroxylation is 3. The quantitative estimate of drug-likeness (QED) is 0.255. The van der Waals surface area contributed by atoms with Crippen molar-refractivity contribution in [3.63, 3.8) is 0 Å². The van der Waals surface area contributed by atoms with Crippen LogP contribution >= 0.6 is 15.9 Å². The molecule has 210 valence electrons. The van der Waals surface area contributed by atoms with Crippen LogP contribution in [0.25, 0.3) is 11.5 Å². The highest BCUT2D eigenvalue weighted by atomic mass is 79.9. The van der Waals surface area contributed by atoms with Gasteiger partial charge in [-0.1, -0.05) is 12.1 Å². The topological polar surface area (TPSA) is 111 Å². The number of rotatable bonds is 12. The summed E-state index contributed by atoms with van der Waals surface area (Å²) >= 11 is 3.48. The van der Waals surface area contributed by atoms with E-state index in [2.05, 4.69) is 20.9 Å². The molecule has 0 aliphatic rings. The highest BCUT2D eigenvalue weighted by Crippen LogP contribution is 2.32. The van der Waals surface area contributed by atoms with Gasteiger partial charge in [-0.25, -0.2) is 9.78 Å². The number of carboxylic acids is 1. The van der Waals surface area contributed by atoms with Crippen molar-refractivity contribution in [2.24, 2.45) is 0 Å². The van der Waals surface area contributed by atoms with E-state index >= 15 is 0 Å². The summed E-state index contributed by atoms with van der Waals surface area (Å²) in [6, 6.07) is 9.41. The Labute approximate surface area is 237 Å². The molecular formula is C29H35BrN2O7. The number of carbonyl (C=O) groups is 2. The first-order valence-corrected chi connectivity index (χ1v) is 13.3. The molecule has 1 N–H and O–H groups in total. The molecule has 0 aliphatic carbocycles. The van der Waals surface area contributed by atoms with Gasteiger partial charge in [-0.2, -0.15) is 0 Å². The van der Waals surface area contributed by atoms with Crippen LogP contribution in [0.4, 0.5) is 0 Å². The van der Waals surface area contributed by atoms with Gasteiger partial charge in [-0.3, -0.25) is 9.69 Å². The maximum atomic E-state index is 12.3. The van der Waals surface area contributed by atoms with Crippen molar-refractivity contribution in [2.75, 3.05) is 20.3 Å². The van der Waals surface area contributed by atoms with Crippen LogP contribution in [-0.2, 0) is 27.4 Å². The summed E-state index contributed by atoms with van der Waals surface area (Å²) in [7, 11) is 1.60. The number of carboxylic acid groups (broad SMARTS) is 1. The van der Waals surface area contributed by atoms with Crippen LogP contribution in [0.5, 0.6) is 11.5 Å². The van der Waals surface area contributed by atoms with Crippen LogP contribution in [0.3, 0.4) is 0 Å². The lowest BCUT2D eigenvalue weighted by molar-refractivity contribution is -0.158. The van der Waals surface area contributed by atoms with E-state index in [1.54, 1.807) is 32.8 Å². The number of halogens is 1. The average Bonchev–Trinajstić information content (AvgIpc) is 3.21. The fraction of sp³-hybridized carbons (Fsp3) is 0.414. The molecular weight excluding hydrogens is 568 g/mol. The number of esters is 1. The van der Waals surface area contributed by atoms with Gasteiger partial charge in [0, 0.05) is 18.7 Å². The van der Waals surface area contributed by atoms with E-state index in [-0.39, 0.29) is 19.7 Å². The molecule has 3 aromatic rings. The van der Waals surface area contributed by atoms with E-state index in [1.807, 2.05) is 51.1 Å². The van der Waals surface area contributed by atoms with Crippen molar-refractivity contribution in [3.05, 3.63) is 62.9 Å². The predicted molar refractivity (Wildman–Crippen MR) is 150 cm³/mol. The van der Waals surface area contributed by atoms with Crippen LogP contribution in [0.2, 0.25) is 0 Å². The summed E-state index contributed by atoms with van der Waals surface area (Å²) in [4.78, 5) is 30.5. The van der Waals surface area contributed by atoms with E-state index in [0.717, 1.165) is 26.7 Å². The van der Waals surface area contributed by atoms with Crippen molar-refractivity contribution in [3.8, 4) is 23.0 Å². The number of hydrogen-bond acceptors (Lipinski definition) is 8. The Hall–Kier alpha value is -3.37. The third kappa shape index (κ3) is 7.60. The molecule has 1 aromatic heterocycles. The smallest absolute Gasteiger partial charge is 0.349 e. The van der Waals surface area contributed by atoms with Gasteiger partial charge in [0.2, 0.25) is 5.89 Å². The SMILES string of the molecule is CCOC(=O)C(C)(C)Oc1c(C)cc(CN(CC(=O)O)Cc2nc(-c3ccc(OC)c(Br)c3)oc2C)cc1C. The molecule has 0 amide bonds. The zero-order valence-corrected chi connectivity index (χ0v) is 25.0. The number of benzene rings is 2. The first kappa shape index (κ1) is 30.2. The number of ether oxygens (including phenoxy) is 3. The molecule has 0 aliphatic heterocycles. The van der Waals surface area contributed by atoms with Gasteiger partial charge in [0.1, 0.15) is 17.3 Å². The molecule has 0 radical (unpaired) electrons. The number of aromatic nitrogens is 1. The summed E-state index contributed by atoms with van der Waals surface area (Å²) in [5.41, 5.74) is 2.86. The standard InChI is InChI=1S/C29H35BrN2O7/c1-8-37-28(35)29(5,6)39-26-17(2)11-20(12-18(26)3)14-32(16-25(33)34)15-23-19(4)38-27(31-23)21-9-10-24(36-7)22(30)13-21/h9-13H,8,14-16H2,1-7H3,(H,33,34). The third-order valence-corrected chi connectivity index (χ3v) is 6.69. The Morgan fingerprint density at radius 2 is 1.77 bits per heavy atom. The number of hydrogen-bond donors (Lipinski definition) is 1. The van der Waals surface area contributed by atoms with Gasteiger partial charge in [0.05, 0.1) is 30.4 Å². The first-order chi connectivity index (χ1) is 18.3. The molecule has 0 fully saturated rings. The highest BCUT2D eigenvalue weighted by molar-refractivity contribution is 9.10. The zero-order chi connectivity index (χ0) is 28.9. The molecule has 0 atom stereocenters. The minimum atomic E-state index is -1.15. The van der Waals surface area contributed by atoms with Gasteiger partial charge in [0.25, 0.3) is 0 Å². The monoisotopic (exact) mass is 602 g/mol. The summed E-state index contributed by atoms with van der Waals surface area (Å²) in [6.07, 6.45) is 0. The second-order valence-corrected chi connectivity index (χ2v) is 10.7. The van der Waals surface area contributed by atoms with Crippen LogP contribution < -0.4 is 9.47 Å². The zero-order valence-electron chi connectivity index (χ0n) is 23.4. The Bertz CT molecular complexity index is 1330. The average molecular weight is 604 g/mol. The third-order valence-electron chi connectivity index (χ3n) is 6.07. The molecule has 10 heteroatoms. The fourth-order valence-electron chi connectivity index (χ4n) is 4.22. The van der Waals surface area contributed by atoms with Gasteiger partial charge >= 0.3 is 11.9 Å². The minimum Gasteiger partial charge on any atom is -0.496 e. The van der Waals surface area contributed by atoms with Crippen LogP contribution in [0, 0.1) is 20.8 Å². The summed E-state index contributed by atoms with van der Waals surface area (Å²) in [6.45, 7) is 11.4. The second-order valence-electron chi connectivity index (χ2n) is 9.80. The first-order valence-electron chi connectivity index (χ1n) is 12.5. The largest absolute Gasteiger partial charge is 0.496 e. The lowest BCUT2D eigenvalue weighted by atomic mass is 10.0. The number of oxazole rings is 1. The van der Waals surface area contributed by atoms with E-state index in [4.69, 9.17) is 18.6 Å². The summed E-state index contributed by atoms with van der Waals surface area (Å²) < 4.78 is 23.2.